The van der Waals surface area contributed by atoms with Crippen LogP contribution in [0.15, 0.2) is 0 Å². The lowest BCUT2D eigenvalue weighted by molar-refractivity contribution is 0.150. The van der Waals surface area contributed by atoms with Gasteiger partial charge in [-0.3, -0.25) is 9.74 Å². The second kappa shape index (κ2) is 1.18. The van der Waals surface area contributed by atoms with E-state index in [0.29, 0.717) is 0 Å². The summed E-state index contributed by atoms with van der Waals surface area (Å²) in [5, 5.41) is 0. The van der Waals surface area contributed by atoms with E-state index in [2.05, 4.69) is 5.48 Å². The van der Waals surface area contributed by atoms with Crippen LogP contribution in [0.5, 0.6) is 0 Å². The minimum absolute atomic E-state index is 0.167. The van der Waals surface area contributed by atoms with E-state index in [1.165, 1.54) is 0 Å². The van der Waals surface area contributed by atoms with Gasteiger partial charge in [0.05, 0.1) is 0 Å². The molecule has 42 valence electrons. The summed E-state index contributed by atoms with van der Waals surface area (Å²) in [5.74, 6) is -0.167. The van der Waals surface area contributed by atoms with Crippen molar-refractivity contribution in [3.05, 3.63) is 0 Å². The van der Waals surface area contributed by atoms with Crippen LogP contribution in [0.2, 0.25) is 0 Å². The summed E-state index contributed by atoms with van der Waals surface area (Å²) in [6, 6.07) is 0. The maximum absolute atomic E-state index is 4.83. The van der Waals surface area contributed by atoms with Gasteiger partial charge in [-0.05, 0) is 21.0 Å². The molecular weight excluding hydrogens is 92.1 g/mol. The van der Waals surface area contributed by atoms with E-state index >= 15 is 0 Å². The van der Waals surface area contributed by atoms with Crippen molar-refractivity contribution in [3.8, 4) is 0 Å². The lowest BCUT2D eigenvalue weighted by atomic mass is 10.5. The van der Waals surface area contributed by atoms with Crippen molar-refractivity contribution in [2.75, 3.05) is 14.1 Å². The van der Waals surface area contributed by atoms with Crippen LogP contribution < -0.4 is 5.48 Å². The van der Waals surface area contributed by atoms with Crippen LogP contribution in [-0.4, -0.2) is 24.8 Å². The van der Waals surface area contributed by atoms with Gasteiger partial charge in [-0.25, -0.2) is 0 Å². The molecule has 1 heterocycles. The molecule has 0 aromatic heterocycles. The highest BCUT2D eigenvalue weighted by Gasteiger charge is 2.41. The van der Waals surface area contributed by atoms with Crippen molar-refractivity contribution in [1.29, 1.82) is 0 Å². The molecular formula is C4H10N2O. The molecule has 1 fully saturated rings. The number of hydroxylamine groups is 1. The van der Waals surface area contributed by atoms with Crippen LogP contribution >= 0.6 is 0 Å². The van der Waals surface area contributed by atoms with Crippen LogP contribution in [0.1, 0.15) is 6.92 Å². The second-order valence-corrected chi connectivity index (χ2v) is 2.08. The van der Waals surface area contributed by atoms with Gasteiger partial charge >= 0.3 is 0 Å². The molecule has 0 saturated carbocycles. The van der Waals surface area contributed by atoms with Gasteiger partial charge in [-0.2, -0.15) is 5.48 Å². The molecule has 1 aliphatic heterocycles. The van der Waals surface area contributed by atoms with Crippen LogP contribution in [-0.2, 0) is 4.84 Å². The number of nitrogens with zero attached hydrogens (tertiary/aromatic N) is 1. The van der Waals surface area contributed by atoms with Gasteiger partial charge in [0.15, 0.2) is 0 Å². The Balaban J connectivity index is 2.39. The topological polar surface area (TPSA) is 37.7 Å². The highest BCUT2D eigenvalue weighted by molar-refractivity contribution is 4.72. The van der Waals surface area contributed by atoms with E-state index in [1.807, 2.05) is 25.9 Å². The highest BCUT2D eigenvalue weighted by atomic mass is 16.8. The van der Waals surface area contributed by atoms with E-state index < -0.39 is 0 Å². The monoisotopic (exact) mass is 102 g/mol. The first-order chi connectivity index (χ1) is 3.15. The third-order valence-corrected chi connectivity index (χ3v) is 1.25. The zero-order chi connectivity index (χ0) is 5.49. The molecule has 0 aromatic rings. The predicted molar refractivity (Wildman–Crippen MR) is 26.3 cm³/mol. The summed E-state index contributed by atoms with van der Waals surface area (Å²) in [7, 11) is 3.92. The molecule has 1 unspecified atom stereocenters. The van der Waals surface area contributed by atoms with E-state index in [4.69, 9.17) is 4.84 Å². The van der Waals surface area contributed by atoms with Crippen LogP contribution in [0.3, 0.4) is 0 Å². The standard InChI is InChI=1S/C4H10N2O/c1-4(5-7-4)6(2)3/h5H,1-3H3. The number of hydrogen-bond acceptors (Lipinski definition) is 3. The van der Waals surface area contributed by atoms with Crippen molar-refractivity contribution in [3.63, 3.8) is 0 Å². The first kappa shape index (κ1) is 5.03. The fraction of sp³-hybridized carbons (Fsp3) is 1.00. The average molecular weight is 102 g/mol. The van der Waals surface area contributed by atoms with Gasteiger partial charge < -0.3 is 0 Å². The average Bonchev–Trinajstić information content (AvgIpc) is 2.21. The van der Waals surface area contributed by atoms with Crippen molar-refractivity contribution in [1.82, 2.24) is 10.4 Å². The summed E-state index contributed by atoms with van der Waals surface area (Å²) < 4.78 is 0. The van der Waals surface area contributed by atoms with Crippen molar-refractivity contribution in [2.24, 2.45) is 0 Å². The molecule has 0 aliphatic carbocycles. The fourth-order valence-electron chi connectivity index (χ4n) is 0.256. The number of hydrogen-bond donors (Lipinski definition) is 1. The molecule has 0 bridgehead atoms. The van der Waals surface area contributed by atoms with Crippen molar-refractivity contribution in [2.45, 2.75) is 12.8 Å². The molecule has 1 atom stereocenters. The molecule has 0 amide bonds. The van der Waals surface area contributed by atoms with Gasteiger partial charge in [0, 0.05) is 0 Å². The van der Waals surface area contributed by atoms with Gasteiger partial charge in [0.2, 0.25) is 5.85 Å². The van der Waals surface area contributed by atoms with E-state index in [1.54, 1.807) is 0 Å². The fourth-order valence-corrected chi connectivity index (χ4v) is 0.256. The minimum atomic E-state index is -0.167. The quantitative estimate of drug-likeness (QED) is 0.464. The Morgan fingerprint density at radius 3 is 2.00 bits per heavy atom. The van der Waals surface area contributed by atoms with E-state index in [-0.39, 0.29) is 5.85 Å². The zero-order valence-corrected chi connectivity index (χ0v) is 4.86. The molecule has 1 saturated heterocycles. The highest BCUT2D eigenvalue weighted by Crippen LogP contribution is 2.19. The van der Waals surface area contributed by atoms with Gasteiger partial charge in [-0.15, -0.1) is 0 Å². The predicted octanol–water partition coefficient (Wildman–Crippen LogP) is -0.244. The number of nitrogens with one attached hydrogen (secondary N) is 1. The molecule has 0 aromatic carbocycles. The van der Waals surface area contributed by atoms with Crippen LogP contribution in [0, 0.1) is 0 Å². The second-order valence-electron chi connectivity index (χ2n) is 2.08. The van der Waals surface area contributed by atoms with E-state index in [0.717, 1.165) is 0 Å². The molecule has 7 heavy (non-hydrogen) atoms. The van der Waals surface area contributed by atoms with Gasteiger partial charge in [-0.1, -0.05) is 0 Å². The third-order valence-electron chi connectivity index (χ3n) is 1.25. The summed E-state index contributed by atoms with van der Waals surface area (Å²) in [5.41, 5.74) is 2.74. The molecule has 3 nitrogen and oxygen atoms in total. The van der Waals surface area contributed by atoms with Crippen molar-refractivity contribution < 1.29 is 4.84 Å². The maximum atomic E-state index is 4.83. The molecule has 0 spiro atoms. The largest absolute Gasteiger partial charge is 0.266 e. The smallest absolute Gasteiger partial charge is 0.214 e. The summed E-state index contributed by atoms with van der Waals surface area (Å²) in [6.45, 7) is 1.97. The summed E-state index contributed by atoms with van der Waals surface area (Å²) in [4.78, 5) is 6.80. The molecule has 1 N–H and O–H groups in total. The minimum Gasteiger partial charge on any atom is -0.266 e. The normalized spacial score (nSPS) is 39.4. The van der Waals surface area contributed by atoms with Crippen molar-refractivity contribution >= 4 is 0 Å². The Bertz CT molecular complexity index is 77.8. The Morgan fingerprint density at radius 1 is 1.57 bits per heavy atom. The maximum Gasteiger partial charge on any atom is 0.214 e. The summed E-state index contributed by atoms with van der Waals surface area (Å²) in [6.07, 6.45) is 0. The molecule has 0 radical (unpaired) electrons. The molecule has 1 rings (SSSR count). The Hall–Kier alpha value is -0.120. The zero-order valence-electron chi connectivity index (χ0n) is 4.86. The molecule has 3 heteroatoms. The SMILES string of the molecule is CN(C)C1(C)NO1. The Morgan fingerprint density at radius 2 is 2.00 bits per heavy atom. The van der Waals surface area contributed by atoms with Crippen LogP contribution in [0.4, 0.5) is 0 Å². The Kier molecular flexibility index (Phi) is 0.849. The van der Waals surface area contributed by atoms with Gasteiger partial charge in [0.25, 0.3) is 0 Å². The third kappa shape index (κ3) is 0.748. The lowest BCUT2D eigenvalue weighted by Gasteiger charge is -2.10. The first-order valence-corrected chi connectivity index (χ1v) is 2.28. The van der Waals surface area contributed by atoms with Gasteiger partial charge in [0.1, 0.15) is 0 Å². The number of rotatable bonds is 1. The lowest BCUT2D eigenvalue weighted by Crippen LogP contribution is -2.30. The summed E-state index contributed by atoms with van der Waals surface area (Å²) >= 11 is 0. The molecule has 1 aliphatic rings. The van der Waals surface area contributed by atoms with E-state index in [9.17, 15) is 0 Å². The first-order valence-electron chi connectivity index (χ1n) is 2.28. The Labute approximate surface area is 43.2 Å². The van der Waals surface area contributed by atoms with Crippen LogP contribution in [0.25, 0.3) is 0 Å².